The zero-order valence-electron chi connectivity index (χ0n) is 8.49. The van der Waals surface area contributed by atoms with Crippen LogP contribution in [-0.2, 0) is 17.8 Å². The number of hydrogen-bond acceptors (Lipinski definition) is 3. The van der Waals surface area contributed by atoms with Gasteiger partial charge in [-0.1, -0.05) is 24.3 Å². The molecule has 14 heavy (non-hydrogen) atoms. The van der Waals surface area contributed by atoms with Crippen molar-refractivity contribution in [2.24, 2.45) is 0 Å². The van der Waals surface area contributed by atoms with Crippen LogP contribution in [0.25, 0.3) is 0 Å². The lowest BCUT2D eigenvalue weighted by Gasteiger charge is -2.15. The molecule has 1 aliphatic heterocycles. The fourth-order valence-corrected chi connectivity index (χ4v) is 1.42. The summed E-state index contributed by atoms with van der Waals surface area (Å²) in [5, 5.41) is 10.3. The lowest BCUT2D eigenvalue weighted by Crippen LogP contribution is -2.23. The first-order chi connectivity index (χ1) is 6.97. The summed E-state index contributed by atoms with van der Waals surface area (Å²) in [6, 6.07) is 8.63. The van der Waals surface area contributed by atoms with Crippen molar-refractivity contribution in [1.82, 2.24) is 5.32 Å². The van der Waals surface area contributed by atoms with Crippen LogP contribution in [-0.4, -0.2) is 25.6 Å². The molecule has 0 aromatic heterocycles. The molecule has 0 atom stereocenters. The minimum absolute atomic E-state index is 1.00. The molecule has 0 saturated heterocycles. The Bertz CT molecular complexity index is 226. The molecule has 0 aliphatic carbocycles. The second kappa shape index (κ2) is 8.41. The molecule has 0 unspecified atom stereocenters. The van der Waals surface area contributed by atoms with Crippen LogP contribution < -0.4 is 5.32 Å². The molecule has 1 aliphatic rings. The van der Waals surface area contributed by atoms with E-state index in [-0.39, 0.29) is 0 Å². The second-order valence-corrected chi connectivity index (χ2v) is 2.70. The van der Waals surface area contributed by atoms with Gasteiger partial charge in [-0.15, -0.1) is 0 Å². The fourth-order valence-electron chi connectivity index (χ4n) is 1.42. The highest BCUT2D eigenvalue weighted by Gasteiger charge is 2.05. The van der Waals surface area contributed by atoms with Crippen LogP contribution in [0, 0.1) is 0 Å². The number of aliphatic hydroxyl groups is 1. The van der Waals surface area contributed by atoms with E-state index in [2.05, 4.69) is 29.6 Å². The summed E-state index contributed by atoms with van der Waals surface area (Å²) in [6.45, 7) is 4.19. The van der Waals surface area contributed by atoms with Crippen molar-refractivity contribution < 1.29 is 9.90 Å². The summed E-state index contributed by atoms with van der Waals surface area (Å²) in [4.78, 5) is 8.00. The van der Waals surface area contributed by atoms with Gasteiger partial charge in [-0.25, -0.2) is 0 Å². The molecule has 0 radical (unpaired) electrons. The van der Waals surface area contributed by atoms with Gasteiger partial charge >= 0.3 is 0 Å². The average molecular weight is 195 g/mol. The lowest BCUT2D eigenvalue weighted by atomic mass is 10.0. The maximum Gasteiger partial charge on any atom is 0.106 e. The van der Waals surface area contributed by atoms with E-state index >= 15 is 0 Å². The van der Waals surface area contributed by atoms with Crippen LogP contribution in [0.1, 0.15) is 11.1 Å². The Balaban J connectivity index is 0.000000379. The fraction of sp³-hybridized carbons (Fsp3) is 0.364. The number of aliphatic hydroxyl groups excluding tert-OH is 1. The first kappa shape index (κ1) is 12.8. The van der Waals surface area contributed by atoms with Gasteiger partial charge in [-0.05, 0) is 24.1 Å². The minimum atomic E-state index is 1.00. The Kier molecular flexibility index (Phi) is 7.70. The zero-order valence-corrected chi connectivity index (χ0v) is 8.49. The standard InChI is InChI=1S/C9H11N.CH4O.CH2O/c1-2-4-9-7-10-6-5-8(9)3-1;2*1-2/h1-4,10H,5-7H2;2H,1H3;1H2. The quantitative estimate of drug-likeness (QED) is 0.642. The minimum Gasteiger partial charge on any atom is -0.400 e. The van der Waals surface area contributed by atoms with E-state index in [9.17, 15) is 0 Å². The van der Waals surface area contributed by atoms with E-state index in [0.29, 0.717) is 0 Å². The third-order valence-corrected chi connectivity index (χ3v) is 2.00. The van der Waals surface area contributed by atoms with Crippen LogP contribution in [0.5, 0.6) is 0 Å². The molecule has 78 valence electrons. The third-order valence-electron chi connectivity index (χ3n) is 2.00. The van der Waals surface area contributed by atoms with Crippen LogP contribution in [0.4, 0.5) is 0 Å². The van der Waals surface area contributed by atoms with Crippen molar-refractivity contribution in [3.05, 3.63) is 35.4 Å². The highest BCUT2D eigenvalue weighted by molar-refractivity contribution is 5.28. The van der Waals surface area contributed by atoms with Crippen molar-refractivity contribution in [3.63, 3.8) is 0 Å². The molecule has 1 aromatic rings. The predicted molar refractivity (Wildman–Crippen MR) is 57.1 cm³/mol. The largest absolute Gasteiger partial charge is 0.400 e. The Hall–Kier alpha value is -1.19. The summed E-state index contributed by atoms with van der Waals surface area (Å²) in [6.07, 6.45) is 1.19. The molecule has 0 amide bonds. The maximum absolute atomic E-state index is 8.00. The van der Waals surface area contributed by atoms with Crippen molar-refractivity contribution in [2.45, 2.75) is 13.0 Å². The first-order valence-electron chi connectivity index (χ1n) is 4.48. The Labute approximate surface area is 84.8 Å². The predicted octanol–water partition coefficient (Wildman–Crippen LogP) is 0.756. The SMILES string of the molecule is C=O.CO.c1ccc2c(c1)CCNC2. The Morgan fingerprint density at radius 2 is 1.79 bits per heavy atom. The molecular weight excluding hydrogens is 178 g/mol. The van der Waals surface area contributed by atoms with Gasteiger partial charge in [0.1, 0.15) is 6.79 Å². The van der Waals surface area contributed by atoms with Gasteiger partial charge in [0.15, 0.2) is 0 Å². The molecule has 3 heteroatoms. The monoisotopic (exact) mass is 195 g/mol. The number of hydrogen-bond donors (Lipinski definition) is 2. The van der Waals surface area contributed by atoms with Gasteiger partial charge in [0.25, 0.3) is 0 Å². The molecule has 1 aromatic carbocycles. The van der Waals surface area contributed by atoms with Crippen molar-refractivity contribution >= 4 is 6.79 Å². The van der Waals surface area contributed by atoms with Crippen LogP contribution in [0.15, 0.2) is 24.3 Å². The molecule has 2 N–H and O–H groups in total. The zero-order chi connectivity index (χ0) is 10.8. The van der Waals surface area contributed by atoms with Gasteiger partial charge in [0.05, 0.1) is 0 Å². The van der Waals surface area contributed by atoms with E-state index < -0.39 is 0 Å². The summed E-state index contributed by atoms with van der Waals surface area (Å²) in [5.74, 6) is 0. The van der Waals surface area contributed by atoms with Crippen molar-refractivity contribution in [1.29, 1.82) is 0 Å². The number of fused-ring (bicyclic) bond motifs is 1. The molecule has 0 fully saturated rings. The molecule has 3 nitrogen and oxygen atoms in total. The summed E-state index contributed by atoms with van der Waals surface area (Å²) >= 11 is 0. The van der Waals surface area contributed by atoms with E-state index in [1.165, 1.54) is 17.5 Å². The van der Waals surface area contributed by atoms with Crippen molar-refractivity contribution in [3.8, 4) is 0 Å². The molecule has 1 heterocycles. The van der Waals surface area contributed by atoms with Gasteiger partial charge in [0, 0.05) is 13.7 Å². The van der Waals surface area contributed by atoms with E-state index in [0.717, 1.165) is 20.2 Å². The number of nitrogens with one attached hydrogen (secondary N) is 1. The Morgan fingerprint density at radius 3 is 2.36 bits per heavy atom. The van der Waals surface area contributed by atoms with Crippen LogP contribution in [0.3, 0.4) is 0 Å². The molecule has 0 saturated carbocycles. The number of carbonyl (C=O) groups is 1. The highest BCUT2D eigenvalue weighted by atomic mass is 16.2. The Morgan fingerprint density at radius 1 is 1.21 bits per heavy atom. The highest BCUT2D eigenvalue weighted by Crippen LogP contribution is 2.11. The smallest absolute Gasteiger partial charge is 0.106 e. The summed E-state index contributed by atoms with van der Waals surface area (Å²) in [7, 11) is 1.00. The number of benzene rings is 1. The van der Waals surface area contributed by atoms with Gasteiger partial charge in [-0.3, -0.25) is 0 Å². The third kappa shape index (κ3) is 3.68. The second-order valence-electron chi connectivity index (χ2n) is 2.70. The summed E-state index contributed by atoms with van der Waals surface area (Å²) < 4.78 is 0. The number of rotatable bonds is 0. The van der Waals surface area contributed by atoms with Gasteiger partial charge in [0.2, 0.25) is 0 Å². The summed E-state index contributed by atoms with van der Waals surface area (Å²) in [5.41, 5.74) is 2.98. The lowest BCUT2D eigenvalue weighted by molar-refractivity contribution is -0.0979. The number of carbonyl (C=O) groups excluding carboxylic acids is 1. The van der Waals surface area contributed by atoms with Gasteiger partial charge in [-0.2, -0.15) is 0 Å². The van der Waals surface area contributed by atoms with Crippen molar-refractivity contribution in [2.75, 3.05) is 13.7 Å². The van der Waals surface area contributed by atoms with Gasteiger partial charge < -0.3 is 15.2 Å². The van der Waals surface area contributed by atoms with Crippen LogP contribution >= 0.6 is 0 Å². The molecule has 0 spiro atoms. The van der Waals surface area contributed by atoms with E-state index in [4.69, 9.17) is 9.90 Å². The normalized spacial score (nSPS) is 12.4. The maximum atomic E-state index is 8.00. The average Bonchev–Trinajstić information content (AvgIpc) is 2.34. The van der Waals surface area contributed by atoms with E-state index in [1.54, 1.807) is 0 Å². The van der Waals surface area contributed by atoms with E-state index in [1.807, 2.05) is 6.79 Å². The molecular formula is C11H17NO2. The van der Waals surface area contributed by atoms with Crippen LogP contribution in [0.2, 0.25) is 0 Å². The molecule has 2 rings (SSSR count). The molecule has 0 bridgehead atoms. The topological polar surface area (TPSA) is 49.3 Å². The first-order valence-corrected chi connectivity index (χ1v) is 4.48.